The number of nitrogens with two attached hydrogens (primary N) is 2. The summed E-state index contributed by atoms with van der Waals surface area (Å²) >= 11 is 0. The van der Waals surface area contributed by atoms with Crippen LogP contribution in [0.1, 0.15) is 39.0 Å². The van der Waals surface area contributed by atoms with E-state index in [1.165, 1.54) is 37.5 Å². The minimum Gasteiger partial charge on any atom is -0.397 e. The Kier molecular flexibility index (Phi) is 4.55. The minimum atomic E-state index is -3.53. The smallest absolute Gasteiger partial charge is 0.240 e. The molecule has 0 aromatic heterocycles. The van der Waals surface area contributed by atoms with E-state index in [4.69, 9.17) is 11.5 Å². The van der Waals surface area contributed by atoms with Gasteiger partial charge in [-0.15, -0.1) is 0 Å². The quantitative estimate of drug-likeness (QED) is 0.741. The standard InChI is InChI=1S/C14H23N3O2S/c1-10(11-5-3-2-4-6-11)17-20(18,19)12-7-8-13(15)14(16)9-12/h7-11,17H,2-6,15-16H2,1H3. The fourth-order valence-electron chi connectivity index (χ4n) is 2.76. The number of hydrogen-bond acceptors (Lipinski definition) is 4. The van der Waals surface area contributed by atoms with Crippen LogP contribution in [0, 0.1) is 5.92 Å². The summed E-state index contributed by atoms with van der Waals surface area (Å²) in [4.78, 5) is 0.173. The van der Waals surface area contributed by atoms with Gasteiger partial charge in [-0.2, -0.15) is 0 Å². The first kappa shape index (κ1) is 15.1. The van der Waals surface area contributed by atoms with Crippen molar-refractivity contribution in [3.63, 3.8) is 0 Å². The first-order valence-electron chi connectivity index (χ1n) is 7.07. The van der Waals surface area contributed by atoms with E-state index in [-0.39, 0.29) is 16.6 Å². The van der Waals surface area contributed by atoms with E-state index in [1.807, 2.05) is 6.92 Å². The van der Waals surface area contributed by atoms with Gasteiger partial charge in [0.1, 0.15) is 0 Å². The molecule has 1 aliphatic rings. The Hall–Kier alpha value is -1.27. The van der Waals surface area contributed by atoms with Crippen LogP contribution in [0.5, 0.6) is 0 Å². The molecule has 1 fully saturated rings. The first-order valence-corrected chi connectivity index (χ1v) is 8.56. The highest BCUT2D eigenvalue weighted by molar-refractivity contribution is 7.89. The molecule has 0 aliphatic heterocycles. The van der Waals surface area contributed by atoms with Gasteiger partial charge in [-0.05, 0) is 43.9 Å². The Labute approximate surface area is 120 Å². The molecule has 0 bridgehead atoms. The van der Waals surface area contributed by atoms with Gasteiger partial charge in [-0.1, -0.05) is 19.3 Å². The Balaban J connectivity index is 2.11. The molecule has 112 valence electrons. The molecule has 2 rings (SSSR count). The molecule has 1 aromatic carbocycles. The van der Waals surface area contributed by atoms with Gasteiger partial charge >= 0.3 is 0 Å². The minimum absolute atomic E-state index is 0.0564. The fraction of sp³-hybridized carbons (Fsp3) is 0.571. The molecule has 0 radical (unpaired) electrons. The van der Waals surface area contributed by atoms with Crippen LogP contribution >= 0.6 is 0 Å². The Bertz CT molecular complexity index is 566. The van der Waals surface area contributed by atoms with Crippen LogP contribution in [0.15, 0.2) is 23.1 Å². The van der Waals surface area contributed by atoms with E-state index in [0.717, 1.165) is 12.8 Å². The highest BCUT2D eigenvalue weighted by atomic mass is 32.2. The van der Waals surface area contributed by atoms with E-state index in [1.54, 1.807) is 0 Å². The number of nitrogen functional groups attached to an aromatic ring is 2. The van der Waals surface area contributed by atoms with Gasteiger partial charge in [0.2, 0.25) is 10.0 Å². The van der Waals surface area contributed by atoms with Crippen molar-refractivity contribution in [2.75, 3.05) is 11.5 Å². The van der Waals surface area contributed by atoms with Gasteiger partial charge in [-0.3, -0.25) is 0 Å². The van der Waals surface area contributed by atoms with Gasteiger partial charge in [0.15, 0.2) is 0 Å². The van der Waals surface area contributed by atoms with Crippen LogP contribution in [0.3, 0.4) is 0 Å². The highest BCUT2D eigenvalue weighted by Gasteiger charge is 2.25. The molecule has 0 spiro atoms. The summed E-state index contributed by atoms with van der Waals surface area (Å²) in [7, 11) is -3.53. The molecule has 1 unspecified atom stereocenters. The van der Waals surface area contributed by atoms with Crippen LogP contribution in [0.25, 0.3) is 0 Å². The van der Waals surface area contributed by atoms with Gasteiger partial charge < -0.3 is 11.5 Å². The topological polar surface area (TPSA) is 98.2 Å². The SMILES string of the molecule is CC(NS(=O)(=O)c1ccc(N)c(N)c1)C1CCCCC1. The summed E-state index contributed by atoms with van der Waals surface area (Å²) in [6, 6.07) is 4.36. The third-order valence-electron chi connectivity index (χ3n) is 4.07. The van der Waals surface area contributed by atoms with Crippen LogP contribution < -0.4 is 16.2 Å². The predicted molar refractivity (Wildman–Crippen MR) is 81.6 cm³/mol. The Morgan fingerprint density at radius 1 is 1.15 bits per heavy atom. The number of sulfonamides is 1. The summed E-state index contributed by atoms with van der Waals surface area (Å²) in [5.41, 5.74) is 12.0. The van der Waals surface area contributed by atoms with Gasteiger partial charge in [-0.25, -0.2) is 13.1 Å². The third kappa shape index (κ3) is 3.43. The molecule has 1 atom stereocenters. The average molecular weight is 297 g/mol. The van der Waals surface area contributed by atoms with Crippen molar-refractivity contribution in [3.8, 4) is 0 Å². The zero-order valence-electron chi connectivity index (χ0n) is 11.8. The number of rotatable bonds is 4. The molecule has 6 heteroatoms. The summed E-state index contributed by atoms with van der Waals surface area (Å²) in [5, 5.41) is 0. The van der Waals surface area contributed by atoms with Crippen molar-refractivity contribution in [1.29, 1.82) is 0 Å². The van der Waals surface area contributed by atoms with Crippen LogP contribution in [0.2, 0.25) is 0 Å². The second-order valence-corrected chi connectivity index (χ2v) is 7.31. The van der Waals surface area contributed by atoms with Gasteiger partial charge in [0.05, 0.1) is 16.3 Å². The Morgan fingerprint density at radius 3 is 2.40 bits per heavy atom. The summed E-state index contributed by atoms with van der Waals surface area (Å²) < 4.78 is 27.4. The van der Waals surface area contributed by atoms with Crippen molar-refractivity contribution < 1.29 is 8.42 Å². The third-order valence-corrected chi connectivity index (χ3v) is 5.62. The summed E-state index contributed by atoms with van der Waals surface area (Å²) in [5.74, 6) is 0.421. The van der Waals surface area contributed by atoms with Crippen LogP contribution in [-0.2, 0) is 10.0 Å². The zero-order valence-corrected chi connectivity index (χ0v) is 12.6. The summed E-state index contributed by atoms with van der Waals surface area (Å²) in [6.07, 6.45) is 5.81. The molecule has 1 aliphatic carbocycles. The molecule has 5 nitrogen and oxygen atoms in total. The second kappa shape index (κ2) is 6.01. The second-order valence-electron chi connectivity index (χ2n) is 5.60. The molecule has 1 aromatic rings. The maximum absolute atomic E-state index is 12.3. The van der Waals surface area contributed by atoms with Crippen LogP contribution in [0.4, 0.5) is 11.4 Å². The molecule has 0 heterocycles. The van der Waals surface area contributed by atoms with Crippen molar-refractivity contribution in [1.82, 2.24) is 4.72 Å². The number of benzene rings is 1. The highest BCUT2D eigenvalue weighted by Crippen LogP contribution is 2.27. The van der Waals surface area contributed by atoms with E-state index in [0.29, 0.717) is 11.6 Å². The molecular formula is C14H23N3O2S. The maximum Gasteiger partial charge on any atom is 0.240 e. The van der Waals surface area contributed by atoms with Crippen molar-refractivity contribution in [2.45, 2.75) is 50.0 Å². The van der Waals surface area contributed by atoms with Crippen molar-refractivity contribution >= 4 is 21.4 Å². The van der Waals surface area contributed by atoms with E-state index >= 15 is 0 Å². The van der Waals surface area contributed by atoms with Crippen molar-refractivity contribution in [2.24, 2.45) is 5.92 Å². The number of hydrogen-bond donors (Lipinski definition) is 3. The van der Waals surface area contributed by atoms with Gasteiger partial charge in [0, 0.05) is 6.04 Å². The zero-order chi connectivity index (χ0) is 14.8. The number of anilines is 2. The normalized spacial score (nSPS) is 18.9. The van der Waals surface area contributed by atoms with Gasteiger partial charge in [0.25, 0.3) is 0 Å². The number of nitrogens with one attached hydrogen (secondary N) is 1. The Morgan fingerprint density at radius 2 is 1.80 bits per heavy atom. The lowest BCUT2D eigenvalue weighted by Gasteiger charge is -2.28. The van der Waals surface area contributed by atoms with E-state index in [9.17, 15) is 8.42 Å². The molecule has 5 N–H and O–H groups in total. The summed E-state index contributed by atoms with van der Waals surface area (Å²) in [6.45, 7) is 1.94. The molecular weight excluding hydrogens is 274 g/mol. The maximum atomic E-state index is 12.3. The lowest BCUT2D eigenvalue weighted by molar-refractivity contribution is 0.303. The molecule has 0 amide bonds. The fourth-order valence-corrected chi connectivity index (χ4v) is 4.11. The monoisotopic (exact) mass is 297 g/mol. The predicted octanol–water partition coefficient (Wildman–Crippen LogP) is 2.10. The van der Waals surface area contributed by atoms with E-state index < -0.39 is 10.0 Å². The molecule has 1 saturated carbocycles. The lowest BCUT2D eigenvalue weighted by atomic mass is 9.85. The molecule has 20 heavy (non-hydrogen) atoms. The van der Waals surface area contributed by atoms with Crippen LogP contribution in [-0.4, -0.2) is 14.5 Å². The molecule has 0 saturated heterocycles. The first-order chi connectivity index (χ1) is 9.40. The average Bonchev–Trinajstić information content (AvgIpc) is 2.42. The lowest BCUT2D eigenvalue weighted by Crippen LogP contribution is -2.38. The largest absolute Gasteiger partial charge is 0.397 e. The van der Waals surface area contributed by atoms with Crippen molar-refractivity contribution in [3.05, 3.63) is 18.2 Å². The van der Waals surface area contributed by atoms with E-state index in [2.05, 4.69) is 4.72 Å².